The van der Waals surface area contributed by atoms with Crippen molar-refractivity contribution in [1.29, 1.82) is 0 Å². The number of urea groups is 1. The molecule has 2 aliphatic heterocycles. The first kappa shape index (κ1) is 11.1. The number of hydrogen-bond acceptors (Lipinski definition) is 3. The van der Waals surface area contributed by atoms with Crippen molar-refractivity contribution in [2.45, 2.75) is 18.9 Å². The Morgan fingerprint density at radius 2 is 2.06 bits per heavy atom. The van der Waals surface area contributed by atoms with Gasteiger partial charge >= 0.3 is 6.03 Å². The number of amides is 3. The molecule has 88 valence electrons. The zero-order valence-electron chi connectivity index (χ0n) is 9.32. The van der Waals surface area contributed by atoms with Gasteiger partial charge in [0, 0.05) is 25.7 Å². The highest BCUT2D eigenvalue weighted by atomic mass is 16.2. The molecule has 0 spiro atoms. The van der Waals surface area contributed by atoms with Crippen LogP contribution >= 0.6 is 0 Å². The minimum Gasteiger partial charge on any atom is -0.329 e. The molecule has 16 heavy (non-hydrogen) atoms. The summed E-state index contributed by atoms with van der Waals surface area (Å²) >= 11 is 0. The summed E-state index contributed by atoms with van der Waals surface area (Å²) in [5.41, 5.74) is 0. The van der Waals surface area contributed by atoms with E-state index in [4.69, 9.17) is 0 Å². The molecule has 0 atom stereocenters. The molecular formula is C11H17N3O2. The predicted molar refractivity (Wildman–Crippen MR) is 59.9 cm³/mol. The van der Waals surface area contributed by atoms with Crippen molar-refractivity contribution in [3.05, 3.63) is 12.7 Å². The van der Waals surface area contributed by atoms with Crippen molar-refractivity contribution in [3.63, 3.8) is 0 Å². The molecule has 0 aromatic carbocycles. The van der Waals surface area contributed by atoms with Crippen molar-refractivity contribution < 1.29 is 9.59 Å². The quantitative estimate of drug-likeness (QED) is 0.549. The zero-order chi connectivity index (χ0) is 11.5. The van der Waals surface area contributed by atoms with Crippen LogP contribution in [0.4, 0.5) is 4.79 Å². The summed E-state index contributed by atoms with van der Waals surface area (Å²) in [4.78, 5) is 26.6. The summed E-state index contributed by atoms with van der Waals surface area (Å²) in [6, 6.07) is -0.150. The Kier molecular flexibility index (Phi) is 3.24. The standard InChI is InChI=1S/C11H17N3O2/c1-2-5-13-6-3-9(4-7-13)14-10(15)8-12-11(14)16/h2,9H,1,3-8H2,(H,12,16). The number of carbonyl (C=O) groups excluding carboxylic acids is 2. The van der Waals surface area contributed by atoms with E-state index in [1.807, 2.05) is 6.08 Å². The fourth-order valence-corrected chi connectivity index (χ4v) is 2.35. The van der Waals surface area contributed by atoms with E-state index >= 15 is 0 Å². The average Bonchev–Trinajstić information content (AvgIpc) is 2.61. The Balaban J connectivity index is 1.91. The van der Waals surface area contributed by atoms with E-state index in [1.54, 1.807) is 0 Å². The Morgan fingerprint density at radius 3 is 2.56 bits per heavy atom. The Morgan fingerprint density at radius 1 is 1.38 bits per heavy atom. The van der Waals surface area contributed by atoms with Crippen molar-refractivity contribution >= 4 is 11.9 Å². The number of piperidine rings is 1. The van der Waals surface area contributed by atoms with Gasteiger partial charge < -0.3 is 5.32 Å². The highest BCUT2D eigenvalue weighted by Gasteiger charge is 2.36. The fourth-order valence-electron chi connectivity index (χ4n) is 2.35. The van der Waals surface area contributed by atoms with E-state index in [2.05, 4.69) is 16.8 Å². The van der Waals surface area contributed by atoms with E-state index in [0.717, 1.165) is 32.5 Å². The molecular weight excluding hydrogens is 206 g/mol. The highest BCUT2D eigenvalue weighted by molar-refractivity contribution is 6.02. The van der Waals surface area contributed by atoms with Crippen molar-refractivity contribution in [2.75, 3.05) is 26.2 Å². The monoisotopic (exact) mass is 223 g/mol. The molecule has 5 heteroatoms. The largest absolute Gasteiger partial charge is 0.329 e. The first-order valence-electron chi connectivity index (χ1n) is 5.65. The van der Waals surface area contributed by atoms with E-state index in [1.165, 1.54) is 4.90 Å². The van der Waals surface area contributed by atoms with Crippen LogP contribution in [0.25, 0.3) is 0 Å². The van der Waals surface area contributed by atoms with Crippen LogP contribution in [0.3, 0.4) is 0 Å². The SMILES string of the molecule is C=CCN1CCC(N2C(=O)CNC2=O)CC1. The number of nitrogens with one attached hydrogen (secondary N) is 1. The topological polar surface area (TPSA) is 52.6 Å². The molecule has 1 N–H and O–H groups in total. The number of nitrogens with zero attached hydrogens (tertiary/aromatic N) is 2. The van der Waals surface area contributed by atoms with Crippen molar-refractivity contribution in [1.82, 2.24) is 15.1 Å². The summed E-state index contributed by atoms with van der Waals surface area (Å²) in [5.74, 6) is -0.0906. The molecule has 0 aliphatic carbocycles. The molecule has 5 nitrogen and oxygen atoms in total. The summed E-state index contributed by atoms with van der Waals surface area (Å²) in [7, 11) is 0. The first-order chi connectivity index (χ1) is 7.72. The van der Waals surface area contributed by atoms with Gasteiger partial charge in [-0.15, -0.1) is 6.58 Å². The second-order valence-electron chi connectivity index (χ2n) is 4.24. The molecule has 2 saturated heterocycles. The van der Waals surface area contributed by atoms with Crippen LogP contribution in [-0.2, 0) is 4.79 Å². The van der Waals surface area contributed by atoms with Gasteiger partial charge in [-0.05, 0) is 12.8 Å². The van der Waals surface area contributed by atoms with E-state index < -0.39 is 0 Å². The van der Waals surface area contributed by atoms with Crippen LogP contribution in [0.1, 0.15) is 12.8 Å². The molecule has 0 aromatic heterocycles. The maximum atomic E-state index is 11.5. The molecule has 2 fully saturated rings. The smallest absolute Gasteiger partial charge is 0.324 e. The fraction of sp³-hybridized carbons (Fsp3) is 0.636. The molecule has 0 saturated carbocycles. The third-order valence-corrected chi connectivity index (χ3v) is 3.19. The molecule has 3 amide bonds. The number of hydrogen-bond donors (Lipinski definition) is 1. The van der Waals surface area contributed by atoms with Crippen LogP contribution in [0.5, 0.6) is 0 Å². The summed E-state index contributed by atoms with van der Waals surface area (Å²) in [6.45, 7) is 6.59. The summed E-state index contributed by atoms with van der Waals surface area (Å²) < 4.78 is 0. The average molecular weight is 223 g/mol. The lowest BCUT2D eigenvalue weighted by Crippen LogP contribution is -2.47. The van der Waals surface area contributed by atoms with Gasteiger partial charge in [0.1, 0.15) is 0 Å². The van der Waals surface area contributed by atoms with Gasteiger partial charge in [-0.25, -0.2) is 4.79 Å². The zero-order valence-corrected chi connectivity index (χ0v) is 9.32. The van der Waals surface area contributed by atoms with Crippen LogP contribution in [-0.4, -0.2) is 54.0 Å². The Labute approximate surface area is 95.1 Å². The molecule has 2 aliphatic rings. The number of likely N-dealkylation sites (tertiary alicyclic amines) is 1. The van der Waals surface area contributed by atoms with Crippen LogP contribution < -0.4 is 5.32 Å². The summed E-state index contributed by atoms with van der Waals surface area (Å²) in [5, 5.41) is 2.56. The van der Waals surface area contributed by atoms with Gasteiger partial charge in [-0.2, -0.15) is 0 Å². The normalized spacial score (nSPS) is 23.6. The molecule has 2 heterocycles. The van der Waals surface area contributed by atoms with E-state index in [9.17, 15) is 9.59 Å². The highest BCUT2D eigenvalue weighted by Crippen LogP contribution is 2.18. The van der Waals surface area contributed by atoms with E-state index in [0.29, 0.717) is 0 Å². The third kappa shape index (κ3) is 2.09. The third-order valence-electron chi connectivity index (χ3n) is 3.19. The van der Waals surface area contributed by atoms with Gasteiger partial charge in [-0.3, -0.25) is 14.6 Å². The number of carbonyl (C=O) groups is 2. The minimum absolute atomic E-state index is 0.0797. The molecule has 0 unspecified atom stereocenters. The first-order valence-corrected chi connectivity index (χ1v) is 5.65. The molecule has 0 aromatic rings. The lowest BCUT2D eigenvalue weighted by atomic mass is 10.0. The number of rotatable bonds is 3. The predicted octanol–water partition coefficient (Wildman–Crippen LogP) is 0.189. The van der Waals surface area contributed by atoms with Crippen LogP contribution in [0, 0.1) is 0 Å². The second kappa shape index (κ2) is 4.65. The second-order valence-corrected chi connectivity index (χ2v) is 4.24. The lowest BCUT2D eigenvalue weighted by molar-refractivity contribution is -0.127. The van der Waals surface area contributed by atoms with E-state index in [-0.39, 0.29) is 24.5 Å². The van der Waals surface area contributed by atoms with Gasteiger partial charge in [-0.1, -0.05) is 6.08 Å². The van der Waals surface area contributed by atoms with Crippen molar-refractivity contribution in [2.24, 2.45) is 0 Å². The maximum Gasteiger partial charge on any atom is 0.324 e. The molecule has 2 rings (SSSR count). The van der Waals surface area contributed by atoms with Gasteiger partial charge in [0.05, 0.1) is 6.54 Å². The maximum absolute atomic E-state index is 11.5. The van der Waals surface area contributed by atoms with Crippen LogP contribution in [0.15, 0.2) is 12.7 Å². The van der Waals surface area contributed by atoms with Gasteiger partial charge in [0.25, 0.3) is 0 Å². The Bertz CT molecular complexity index is 292. The molecule has 0 bridgehead atoms. The number of imide groups is 1. The minimum atomic E-state index is -0.229. The lowest BCUT2D eigenvalue weighted by Gasteiger charge is -2.34. The van der Waals surface area contributed by atoms with Crippen molar-refractivity contribution in [3.8, 4) is 0 Å². The van der Waals surface area contributed by atoms with Crippen LogP contribution in [0.2, 0.25) is 0 Å². The Hall–Kier alpha value is -1.36. The summed E-state index contributed by atoms with van der Waals surface area (Å²) in [6.07, 6.45) is 3.62. The molecule has 0 radical (unpaired) electrons. The van der Waals surface area contributed by atoms with Gasteiger partial charge in [0.15, 0.2) is 0 Å². The van der Waals surface area contributed by atoms with Gasteiger partial charge in [0.2, 0.25) is 5.91 Å².